The number of rotatable bonds is 7. The third kappa shape index (κ3) is 4.08. The van der Waals surface area contributed by atoms with Crippen molar-refractivity contribution in [1.29, 1.82) is 0 Å². The van der Waals surface area contributed by atoms with Crippen LogP contribution in [-0.4, -0.2) is 34.4 Å². The summed E-state index contributed by atoms with van der Waals surface area (Å²) in [5.74, 6) is 1.66. The molecule has 0 spiro atoms. The van der Waals surface area contributed by atoms with Crippen LogP contribution in [0.1, 0.15) is 24.2 Å². The minimum atomic E-state index is -0.229. The van der Waals surface area contributed by atoms with Gasteiger partial charge in [0.2, 0.25) is 0 Å². The highest BCUT2D eigenvalue weighted by atomic mass is 16.5. The maximum absolute atomic E-state index is 12.7. The molecule has 1 amide bonds. The van der Waals surface area contributed by atoms with Gasteiger partial charge in [0.15, 0.2) is 17.3 Å². The number of hydrogen-bond acceptors (Lipinski definition) is 5. The molecule has 0 saturated heterocycles. The summed E-state index contributed by atoms with van der Waals surface area (Å²) in [4.78, 5) is 12.7. The summed E-state index contributed by atoms with van der Waals surface area (Å²) in [6.07, 6.45) is 1.69. The highest BCUT2D eigenvalue weighted by Gasteiger charge is 2.13. The van der Waals surface area contributed by atoms with Crippen molar-refractivity contribution in [2.75, 3.05) is 19.0 Å². The Kier molecular flexibility index (Phi) is 5.71. The molecule has 0 unspecified atom stereocenters. The molecular weight excluding hydrogens is 344 g/mol. The fraction of sp³-hybridized carbons (Fsp3) is 0.250. The maximum atomic E-state index is 12.7. The van der Waals surface area contributed by atoms with Crippen LogP contribution in [-0.2, 0) is 6.54 Å². The fourth-order valence-corrected chi connectivity index (χ4v) is 2.74. The molecule has 2 aromatic carbocycles. The molecule has 7 nitrogen and oxygen atoms in total. The number of carbonyl (C=O) groups is 1. The zero-order valence-electron chi connectivity index (χ0n) is 15.6. The fourth-order valence-electron chi connectivity index (χ4n) is 2.74. The predicted molar refractivity (Wildman–Crippen MR) is 103 cm³/mol. The molecule has 3 aromatic rings. The highest BCUT2D eigenvalue weighted by Crippen LogP contribution is 2.28. The van der Waals surface area contributed by atoms with Gasteiger partial charge in [0.1, 0.15) is 6.33 Å². The van der Waals surface area contributed by atoms with Crippen molar-refractivity contribution in [3.63, 3.8) is 0 Å². The minimum Gasteiger partial charge on any atom is -0.493 e. The Labute approximate surface area is 158 Å². The molecule has 0 aliphatic heterocycles. The van der Waals surface area contributed by atoms with Gasteiger partial charge in [-0.3, -0.25) is 4.79 Å². The summed E-state index contributed by atoms with van der Waals surface area (Å²) in [5.41, 5.74) is 2.05. The smallest absolute Gasteiger partial charge is 0.255 e. The van der Waals surface area contributed by atoms with Gasteiger partial charge in [0.05, 0.1) is 13.7 Å². The number of carbonyl (C=O) groups excluding carboxylic acids is 1. The van der Waals surface area contributed by atoms with E-state index in [9.17, 15) is 4.79 Å². The van der Waals surface area contributed by atoms with Crippen LogP contribution in [0.4, 0.5) is 5.69 Å². The van der Waals surface area contributed by atoms with Crippen LogP contribution < -0.4 is 14.8 Å². The monoisotopic (exact) mass is 366 g/mol. The largest absolute Gasteiger partial charge is 0.493 e. The molecule has 0 aliphatic carbocycles. The topological polar surface area (TPSA) is 78.3 Å². The first kappa shape index (κ1) is 18.4. The van der Waals surface area contributed by atoms with E-state index in [2.05, 4.69) is 15.5 Å². The molecule has 0 fully saturated rings. The van der Waals surface area contributed by atoms with Crippen molar-refractivity contribution < 1.29 is 14.3 Å². The zero-order chi connectivity index (χ0) is 19.2. The van der Waals surface area contributed by atoms with Crippen LogP contribution in [0.15, 0.2) is 48.8 Å². The molecule has 0 bridgehead atoms. The molecule has 0 radical (unpaired) electrons. The number of anilines is 1. The van der Waals surface area contributed by atoms with Crippen molar-refractivity contribution in [3.8, 4) is 22.9 Å². The van der Waals surface area contributed by atoms with Gasteiger partial charge in [-0.15, -0.1) is 10.2 Å². The first-order chi connectivity index (χ1) is 13.2. The van der Waals surface area contributed by atoms with E-state index in [1.54, 1.807) is 31.6 Å². The summed E-state index contributed by atoms with van der Waals surface area (Å²) in [6.45, 7) is 5.16. The average Bonchev–Trinajstić information content (AvgIpc) is 3.17. The lowest BCUT2D eigenvalue weighted by atomic mass is 10.1. The number of nitrogens with one attached hydrogen (secondary N) is 1. The Morgan fingerprint density at radius 2 is 2.00 bits per heavy atom. The SMILES string of the molecule is CCOc1cc(C(=O)Nc2cccc(-c3nncn3CC)c2)ccc1OC. The van der Waals surface area contributed by atoms with E-state index in [1.165, 1.54) is 0 Å². The number of aryl methyl sites for hydroxylation is 1. The molecule has 7 heteroatoms. The highest BCUT2D eigenvalue weighted by molar-refractivity contribution is 6.04. The van der Waals surface area contributed by atoms with Gasteiger partial charge in [-0.05, 0) is 44.2 Å². The molecule has 27 heavy (non-hydrogen) atoms. The van der Waals surface area contributed by atoms with E-state index in [-0.39, 0.29) is 5.91 Å². The van der Waals surface area contributed by atoms with Gasteiger partial charge in [0.25, 0.3) is 5.91 Å². The summed E-state index contributed by atoms with van der Waals surface area (Å²) >= 11 is 0. The van der Waals surface area contributed by atoms with Crippen molar-refractivity contribution in [2.24, 2.45) is 0 Å². The zero-order valence-corrected chi connectivity index (χ0v) is 15.6. The van der Waals surface area contributed by atoms with Gasteiger partial charge in [-0.2, -0.15) is 0 Å². The molecule has 140 valence electrons. The Balaban J connectivity index is 1.82. The van der Waals surface area contributed by atoms with Crippen LogP contribution in [0.25, 0.3) is 11.4 Å². The summed E-state index contributed by atoms with van der Waals surface area (Å²) in [6, 6.07) is 12.6. The molecule has 0 saturated carbocycles. The van der Waals surface area contributed by atoms with Gasteiger partial charge >= 0.3 is 0 Å². The second-order valence-electron chi connectivity index (χ2n) is 5.77. The number of hydrogen-bond donors (Lipinski definition) is 1. The van der Waals surface area contributed by atoms with E-state index < -0.39 is 0 Å². The van der Waals surface area contributed by atoms with Gasteiger partial charge in [0, 0.05) is 23.4 Å². The van der Waals surface area contributed by atoms with E-state index in [4.69, 9.17) is 9.47 Å². The minimum absolute atomic E-state index is 0.229. The van der Waals surface area contributed by atoms with Crippen LogP contribution in [0.3, 0.4) is 0 Å². The van der Waals surface area contributed by atoms with Crippen molar-refractivity contribution >= 4 is 11.6 Å². The number of nitrogens with zero attached hydrogens (tertiary/aromatic N) is 3. The number of methoxy groups -OCH3 is 1. The Bertz CT molecular complexity index is 936. The van der Waals surface area contributed by atoms with Crippen LogP contribution in [0.5, 0.6) is 11.5 Å². The van der Waals surface area contributed by atoms with E-state index >= 15 is 0 Å². The maximum Gasteiger partial charge on any atom is 0.255 e. The number of amides is 1. The standard InChI is InChI=1S/C20H22N4O3/c1-4-24-13-21-23-19(24)14-7-6-8-16(11-14)22-20(25)15-9-10-17(26-3)18(12-15)27-5-2/h6-13H,4-5H2,1-3H3,(H,22,25). The predicted octanol–water partition coefficient (Wildman–Crippen LogP) is 3.62. The summed E-state index contributed by atoms with van der Waals surface area (Å²) in [5, 5.41) is 11.0. The van der Waals surface area contributed by atoms with Gasteiger partial charge < -0.3 is 19.4 Å². The normalized spacial score (nSPS) is 10.5. The molecule has 1 heterocycles. The average molecular weight is 366 g/mol. The summed E-state index contributed by atoms with van der Waals surface area (Å²) < 4.78 is 12.7. The van der Waals surface area contributed by atoms with E-state index in [0.717, 1.165) is 17.9 Å². The van der Waals surface area contributed by atoms with Gasteiger partial charge in [-0.25, -0.2) is 0 Å². The third-order valence-electron chi connectivity index (χ3n) is 4.06. The molecule has 3 rings (SSSR count). The molecule has 1 N–H and O–H groups in total. The number of benzene rings is 2. The van der Waals surface area contributed by atoms with Crippen molar-refractivity contribution in [3.05, 3.63) is 54.4 Å². The Hall–Kier alpha value is -3.35. The van der Waals surface area contributed by atoms with Crippen LogP contribution in [0, 0.1) is 0 Å². The van der Waals surface area contributed by atoms with E-state index in [0.29, 0.717) is 29.4 Å². The van der Waals surface area contributed by atoms with Crippen molar-refractivity contribution in [2.45, 2.75) is 20.4 Å². The van der Waals surface area contributed by atoms with Crippen molar-refractivity contribution in [1.82, 2.24) is 14.8 Å². The molecule has 0 atom stereocenters. The quantitative estimate of drug-likeness (QED) is 0.691. The lowest BCUT2D eigenvalue weighted by Crippen LogP contribution is -2.12. The molecule has 0 aliphatic rings. The van der Waals surface area contributed by atoms with Gasteiger partial charge in [-0.1, -0.05) is 12.1 Å². The lowest BCUT2D eigenvalue weighted by Gasteiger charge is -2.12. The van der Waals surface area contributed by atoms with Crippen LogP contribution in [0.2, 0.25) is 0 Å². The molecular formula is C20H22N4O3. The second-order valence-corrected chi connectivity index (χ2v) is 5.77. The second kappa shape index (κ2) is 8.35. The summed E-state index contributed by atoms with van der Waals surface area (Å²) in [7, 11) is 1.57. The lowest BCUT2D eigenvalue weighted by molar-refractivity contribution is 0.102. The van der Waals surface area contributed by atoms with E-state index in [1.807, 2.05) is 42.7 Å². The first-order valence-corrected chi connectivity index (χ1v) is 8.76. The number of aromatic nitrogens is 3. The Morgan fingerprint density at radius 3 is 2.74 bits per heavy atom. The number of ether oxygens (including phenoxy) is 2. The Morgan fingerprint density at radius 1 is 1.15 bits per heavy atom. The molecule has 1 aromatic heterocycles. The first-order valence-electron chi connectivity index (χ1n) is 8.76. The third-order valence-corrected chi connectivity index (χ3v) is 4.06. The van der Waals surface area contributed by atoms with Crippen LogP contribution >= 0.6 is 0 Å².